The van der Waals surface area contributed by atoms with Gasteiger partial charge in [0, 0.05) is 24.4 Å². The van der Waals surface area contributed by atoms with Crippen molar-refractivity contribution < 1.29 is 4.79 Å². The zero-order chi connectivity index (χ0) is 15.6. The summed E-state index contributed by atoms with van der Waals surface area (Å²) >= 11 is 1.75. The van der Waals surface area contributed by atoms with Crippen LogP contribution >= 0.6 is 11.3 Å². The van der Waals surface area contributed by atoms with E-state index in [1.165, 1.54) is 17.1 Å². The number of aryl methyl sites for hydroxylation is 1. The average Bonchev–Trinajstić information content (AvgIpc) is 3.04. The van der Waals surface area contributed by atoms with Gasteiger partial charge in [0.15, 0.2) is 0 Å². The van der Waals surface area contributed by atoms with E-state index < -0.39 is 5.54 Å². The summed E-state index contributed by atoms with van der Waals surface area (Å²) in [5.41, 5.74) is 7.01. The van der Waals surface area contributed by atoms with E-state index >= 15 is 0 Å². The first-order valence-electron chi connectivity index (χ1n) is 8.65. The van der Waals surface area contributed by atoms with E-state index in [1.54, 1.807) is 11.3 Å². The van der Waals surface area contributed by atoms with Gasteiger partial charge < -0.3 is 10.6 Å². The normalized spacial score (nSPS) is 25.2. The maximum Gasteiger partial charge on any atom is 0.242 e. The third-order valence-corrected chi connectivity index (χ3v) is 6.22. The molecule has 4 nitrogen and oxygen atoms in total. The van der Waals surface area contributed by atoms with Gasteiger partial charge in [-0.1, -0.05) is 26.2 Å². The Hall–Kier alpha value is -0.940. The van der Waals surface area contributed by atoms with Gasteiger partial charge in [-0.2, -0.15) is 0 Å². The van der Waals surface area contributed by atoms with Crippen molar-refractivity contribution in [1.29, 1.82) is 0 Å². The van der Waals surface area contributed by atoms with Crippen LogP contribution in [0.25, 0.3) is 0 Å². The molecule has 0 bridgehead atoms. The summed E-state index contributed by atoms with van der Waals surface area (Å²) < 4.78 is 0. The number of rotatable bonds is 3. The summed E-state index contributed by atoms with van der Waals surface area (Å²) in [5.74, 6) is 0.583. The monoisotopic (exact) mass is 321 g/mol. The summed E-state index contributed by atoms with van der Waals surface area (Å²) in [6.07, 6.45) is 8.28. The number of amides is 1. The van der Waals surface area contributed by atoms with Crippen molar-refractivity contribution in [2.24, 2.45) is 5.73 Å². The molecule has 0 spiro atoms. The second-order valence-corrected chi connectivity index (χ2v) is 7.73. The maximum absolute atomic E-state index is 12.9. The lowest BCUT2D eigenvalue weighted by molar-refractivity contribution is -0.139. The molecule has 2 aliphatic rings. The van der Waals surface area contributed by atoms with Crippen molar-refractivity contribution >= 4 is 17.2 Å². The quantitative estimate of drug-likeness (QED) is 0.931. The molecule has 1 saturated heterocycles. The van der Waals surface area contributed by atoms with Crippen molar-refractivity contribution in [3.63, 3.8) is 0 Å². The van der Waals surface area contributed by atoms with E-state index in [4.69, 9.17) is 10.7 Å². The lowest BCUT2D eigenvalue weighted by Gasteiger charge is -2.40. The maximum atomic E-state index is 12.9. The number of nitrogens with two attached hydrogens (primary N) is 1. The molecular weight excluding hydrogens is 294 g/mol. The number of carbonyl (C=O) groups excluding carboxylic acids is 1. The first-order valence-corrected chi connectivity index (χ1v) is 9.53. The predicted octanol–water partition coefficient (Wildman–Crippen LogP) is 3.07. The fourth-order valence-corrected chi connectivity index (χ4v) is 4.78. The fraction of sp³-hybridized carbons (Fsp3) is 0.765. The standard InChI is InChI=1S/C17H27N3OS/c1-2-14-12-22-15(19-14)13-7-6-10-20(11-13)16(21)17(18)8-4-3-5-9-17/h12-13H,2-11,18H2,1H3. The van der Waals surface area contributed by atoms with Crippen molar-refractivity contribution in [1.82, 2.24) is 9.88 Å². The SMILES string of the molecule is CCc1csc(C2CCCN(C(=O)C3(N)CCCCC3)C2)n1. The second-order valence-electron chi connectivity index (χ2n) is 6.84. The molecule has 2 heterocycles. The Bertz CT molecular complexity index is 522. The third kappa shape index (κ3) is 3.20. The van der Waals surface area contributed by atoms with Crippen LogP contribution < -0.4 is 5.73 Å². The molecule has 0 radical (unpaired) electrons. The third-order valence-electron chi connectivity index (χ3n) is 5.16. The van der Waals surface area contributed by atoms with Crippen LogP contribution in [0.4, 0.5) is 0 Å². The first-order chi connectivity index (χ1) is 10.6. The lowest BCUT2D eigenvalue weighted by Crippen LogP contribution is -2.57. The minimum atomic E-state index is -0.600. The number of hydrogen-bond donors (Lipinski definition) is 1. The number of aromatic nitrogens is 1. The number of nitrogens with zero attached hydrogens (tertiary/aromatic N) is 2. The van der Waals surface area contributed by atoms with Crippen LogP contribution in [0.15, 0.2) is 5.38 Å². The highest BCUT2D eigenvalue weighted by Crippen LogP contribution is 2.33. The highest BCUT2D eigenvalue weighted by Gasteiger charge is 2.40. The van der Waals surface area contributed by atoms with E-state index in [0.29, 0.717) is 5.92 Å². The summed E-state index contributed by atoms with van der Waals surface area (Å²) in [5, 5.41) is 3.35. The Balaban J connectivity index is 1.68. The largest absolute Gasteiger partial charge is 0.340 e. The van der Waals surface area contributed by atoms with Crippen LogP contribution in [0.2, 0.25) is 0 Å². The number of likely N-dealkylation sites (tertiary alicyclic amines) is 1. The highest BCUT2D eigenvalue weighted by atomic mass is 32.1. The molecule has 1 atom stereocenters. The highest BCUT2D eigenvalue weighted by molar-refractivity contribution is 7.09. The molecule has 2 fully saturated rings. The van der Waals surface area contributed by atoms with Crippen LogP contribution in [0.5, 0.6) is 0 Å². The molecule has 1 unspecified atom stereocenters. The van der Waals surface area contributed by atoms with Gasteiger partial charge >= 0.3 is 0 Å². The van der Waals surface area contributed by atoms with Crippen LogP contribution in [0.1, 0.15) is 68.5 Å². The minimum Gasteiger partial charge on any atom is -0.340 e. The summed E-state index contributed by atoms with van der Waals surface area (Å²) in [6.45, 7) is 3.80. The van der Waals surface area contributed by atoms with E-state index in [-0.39, 0.29) is 5.91 Å². The molecule has 122 valence electrons. The Labute approximate surface area is 137 Å². The zero-order valence-electron chi connectivity index (χ0n) is 13.5. The molecule has 1 amide bonds. The molecule has 5 heteroatoms. The van der Waals surface area contributed by atoms with Crippen LogP contribution in [-0.4, -0.2) is 34.4 Å². The Morgan fingerprint density at radius 1 is 1.41 bits per heavy atom. The topological polar surface area (TPSA) is 59.2 Å². The zero-order valence-corrected chi connectivity index (χ0v) is 14.3. The molecule has 3 rings (SSSR count). The molecule has 1 aliphatic heterocycles. The summed E-state index contributed by atoms with van der Waals surface area (Å²) in [7, 11) is 0. The fourth-order valence-electron chi connectivity index (χ4n) is 3.75. The van der Waals surface area contributed by atoms with Gasteiger partial charge in [0.1, 0.15) is 0 Å². The first kappa shape index (κ1) is 15.9. The van der Waals surface area contributed by atoms with Crippen molar-refractivity contribution in [3.05, 3.63) is 16.1 Å². The van der Waals surface area contributed by atoms with E-state index in [0.717, 1.165) is 58.0 Å². The van der Waals surface area contributed by atoms with Gasteiger partial charge in [-0.15, -0.1) is 11.3 Å². The lowest BCUT2D eigenvalue weighted by atomic mass is 9.81. The number of piperidine rings is 1. The molecule has 2 N–H and O–H groups in total. The molecule has 22 heavy (non-hydrogen) atoms. The molecular formula is C17H27N3OS. The van der Waals surface area contributed by atoms with Gasteiger partial charge in [0.25, 0.3) is 0 Å². The molecule has 1 aromatic heterocycles. The molecule has 1 saturated carbocycles. The Morgan fingerprint density at radius 3 is 2.86 bits per heavy atom. The van der Waals surface area contributed by atoms with E-state index in [2.05, 4.69) is 12.3 Å². The van der Waals surface area contributed by atoms with Crippen molar-refractivity contribution in [3.8, 4) is 0 Å². The van der Waals surface area contributed by atoms with Crippen molar-refractivity contribution in [2.75, 3.05) is 13.1 Å². The number of hydrogen-bond acceptors (Lipinski definition) is 4. The number of carbonyl (C=O) groups is 1. The molecule has 0 aromatic carbocycles. The Kier molecular flexibility index (Phi) is 4.83. The summed E-state index contributed by atoms with van der Waals surface area (Å²) in [4.78, 5) is 19.6. The van der Waals surface area contributed by atoms with Crippen molar-refractivity contribution in [2.45, 2.75) is 69.7 Å². The molecule has 1 aromatic rings. The van der Waals surface area contributed by atoms with Gasteiger partial charge in [-0.25, -0.2) is 4.98 Å². The second kappa shape index (κ2) is 6.67. The Morgan fingerprint density at radius 2 is 2.18 bits per heavy atom. The minimum absolute atomic E-state index is 0.184. The summed E-state index contributed by atoms with van der Waals surface area (Å²) in [6, 6.07) is 0. The smallest absolute Gasteiger partial charge is 0.242 e. The predicted molar refractivity (Wildman–Crippen MR) is 90.1 cm³/mol. The number of thiazole rings is 1. The van der Waals surface area contributed by atoms with Gasteiger partial charge in [-0.05, 0) is 32.1 Å². The van der Waals surface area contributed by atoms with Crippen LogP contribution in [0.3, 0.4) is 0 Å². The van der Waals surface area contributed by atoms with Gasteiger partial charge in [-0.3, -0.25) is 4.79 Å². The van der Waals surface area contributed by atoms with Gasteiger partial charge in [0.05, 0.1) is 16.2 Å². The molecule has 1 aliphatic carbocycles. The van der Waals surface area contributed by atoms with E-state index in [9.17, 15) is 4.79 Å². The van der Waals surface area contributed by atoms with Gasteiger partial charge in [0.2, 0.25) is 5.91 Å². The van der Waals surface area contributed by atoms with Crippen LogP contribution in [-0.2, 0) is 11.2 Å². The van der Waals surface area contributed by atoms with E-state index in [1.807, 2.05) is 4.90 Å². The average molecular weight is 321 g/mol. The van der Waals surface area contributed by atoms with Crippen LogP contribution in [0, 0.1) is 0 Å².